The zero-order chi connectivity index (χ0) is 14.1. The van der Waals surface area contributed by atoms with Crippen molar-refractivity contribution >= 4 is 10.0 Å². The third kappa shape index (κ3) is 3.70. The summed E-state index contributed by atoms with van der Waals surface area (Å²) in [6, 6.07) is 0. The van der Waals surface area contributed by atoms with Gasteiger partial charge in [-0.05, 0) is 20.3 Å². The lowest BCUT2D eigenvalue weighted by Crippen LogP contribution is -2.15. The first-order valence-corrected chi connectivity index (χ1v) is 6.70. The van der Waals surface area contributed by atoms with E-state index in [4.69, 9.17) is 5.14 Å². The minimum atomic E-state index is -4.22. The molecule has 0 aliphatic rings. The summed E-state index contributed by atoms with van der Waals surface area (Å²) < 4.78 is 59.7. The van der Waals surface area contributed by atoms with E-state index >= 15 is 0 Å². The van der Waals surface area contributed by atoms with Gasteiger partial charge in [0.25, 0.3) is 0 Å². The minimum Gasteiger partial charge on any atom is -0.268 e. The second-order valence-corrected chi connectivity index (χ2v) is 5.49. The predicted octanol–water partition coefficient (Wildman–Crippen LogP) is 1.49. The van der Waals surface area contributed by atoms with Crippen LogP contribution in [0.3, 0.4) is 0 Å². The van der Waals surface area contributed by atoms with Crippen molar-refractivity contribution in [3.8, 4) is 0 Å². The summed E-state index contributed by atoms with van der Waals surface area (Å²) in [6.07, 6.45) is -5.32. The molecule has 0 amide bonds. The van der Waals surface area contributed by atoms with E-state index in [2.05, 4.69) is 5.10 Å². The Morgan fingerprint density at radius 1 is 1.33 bits per heavy atom. The van der Waals surface area contributed by atoms with Crippen LogP contribution in [0, 0.1) is 13.8 Å². The van der Waals surface area contributed by atoms with Gasteiger partial charge in [-0.3, -0.25) is 4.68 Å². The zero-order valence-corrected chi connectivity index (χ0v) is 10.8. The first-order chi connectivity index (χ1) is 8.02. The Labute approximate surface area is 103 Å². The highest BCUT2D eigenvalue weighted by molar-refractivity contribution is 7.89. The third-order valence-corrected chi connectivity index (χ3v) is 3.59. The van der Waals surface area contributed by atoms with Crippen molar-refractivity contribution in [2.24, 2.45) is 5.14 Å². The average molecular weight is 285 g/mol. The summed E-state index contributed by atoms with van der Waals surface area (Å²) in [5.74, 6) is 0. The topological polar surface area (TPSA) is 78.0 Å². The molecule has 0 saturated carbocycles. The number of hydrogen-bond acceptors (Lipinski definition) is 3. The molecule has 1 rings (SSSR count). The largest absolute Gasteiger partial charge is 0.389 e. The summed E-state index contributed by atoms with van der Waals surface area (Å²) in [5.41, 5.74) is 0.458. The lowest BCUT2D eigenvalue weighted by atomic mass is 10.3. The molecule has 0 fully saturated rings. The van der Waals surface area contributed by atoms with Crippen LogP contribution in [0.4, 0.5) is 13.2 Å². The van der Waals surface area contributed by atoms with Crippen LogP contribution in [0.25, 0.3) is 0 Å². The van der Waals surface area contributed by atoms with Gasteiger partial charge in [0.15, 0.2) is 0 Å². The molecular weight excluding hydrogens is 271 g/mol. The van der Waals surface area contributed by atoms with Gasteiger partial charge >= 0.3 is 6.18 Å². The van der Waals surface area contributed by atoms with Crippen molar-refractivity contribution in [1.29, 1.82) is 0 Å². The lowest BCUT2D eigenvalue weighted by Gasteiger charge is -2.07. The van der Waals surface area contributed by atoms with Crippen LogP contribution in [-0.2, 0) is 16.6 Å². The molecule has 2 N–H and O–H groups in total. The fraction of sp³-hybridized carbons (Fsp3) is 0.667. The van der Waals surface area contributed by atoms with Gasteiger partial charge in [-0.1, -0.05) is 0 Å². The zero-order valence-electron chi connectivity index (χ0n) is 9.95. The molecule has 0 aliphatic carbocycles. The van der Waals surface area contributed by atoms with E-state index in [9.17, 15) is 21.6 Å². The highest BCUT2D eigenvalue weighted by atomic mass is 32.2. The van der Waals surface area contributed by atoms with E-state index in [1.165, 1.54) is 18.5 Å². The molecule has 1 heterocycles. The van der Waals surface area contributed by atoms with E-state index in [0.29, 0.717) is 0 Å². The Bertz CT molecular complexity index is 534. The van der Waals surface area contributed by atoms with E-state index in [1.54, 1.807) is 0 Å². The highest BCUT2D eigenvalue weighted by Crippen LogP contribution is 2.23. The maximum Gasteiger partial charge on any atom is 0.389 e. The normalized spacial score (nSPS) is 13.0. The van der Waals surface area contributed by atoms with Gasteiger partial charge in [-0.15, -0.1) is 0 Å². The van der Waals surface area contributed by atoms with E-state index in [-0.39, 0.29) is 29.2 Å². The smallest absolute Gasteiger partial charge is 0.268 e. The number of primary sulfonamides is 1. The first kappa shape index (κ1) is 15.0. The monoisotopic (exact) mass is 285 g/mol. The number of nitrogens with two attached hydrogens (primary N) is 1. The summed E-state index contributed by atoms with van der Waals surface area (Å²) in [7, 11) is -3.90. The highest BCUT2D eigenvalue weighted by Gasteiger charge is 2.27. The molecule has 0 bridgehead atoms. The molecule has 5 nitrogen and oxygen atoms in total. The lowest BCUT2D eigenvalue weighted by molar-refractivity contribution is -0.136. The molecule has 0 spiro atoms. The standard InChI is InChI=1S/C9H14F3N3O2S/c1-6-8(18(13,16)17)7(2)15(14-6)5-3-4-9(10,11)12/h3-5H2,1-2H3,(H2,13,16,17). The van der Waals surface area contributed by atoms with Crippen molar-refractivity contribution in [2.45, 2.75) is 44.3 Å². The van der Waals surface area contributed by atoms with E-state index < -0.39 is 22.6 Å². The van der Waals surface area contributed by atoms with Crippen LogP contribution in [-0.4, -0.2) is 24.4 Å². The van der Waals surface area contributed by atoms with Crippen molar-refractivity contribution in [1.82, 2.24) is 9.78 Å². The van der Waals surface area contributed by atoms with Gasteiger partial charge in [-0.25, -0.2) is 13.6 Å². The van der Waals surface area contributed by atoms with Gasteiger partial charge in [0, 0.05) is 13.0 Å². The molecule has 0 saturated heterocycles. The quantitative estimate of drug-likeness (QED) is 0.910. The van der Waals surface area contributed by atoms with Gasteiger partial charge in [0.1, 0.15) is 4.90 Å². The first-order valence-electron chi connectivity index (χ1n) is 5.16. The number of aromatic nitrogens is 2. The Hall–Kier alpha value is -1.09. The number of aryl methyl sites for hydroxylation is 2. The van der Waals surface area contributed by atoms with Crippen LogP contribution in [0.15, 0.2) is 4.90 Å². The fourth-order valence-corrected chi connectivity index (χ4v) is 2.71. The molecular formula is C9H14F3N3O2S. The third-order valence-electron chi connectivity index (χ3n) is 2.43. The summed E-state index contributed by atoms with van der Waals surface area (Å²) >= 11 is 0. The maximum absolute atomic E-state index is 12.0. The molecule has 9 heteroatoms. The van der Waals surface area contributed by atoms with Crippen molar-refractivity contribution in [3.63, 3.8) is 0 Å². The van der Waals surface area contributed by atoms with Gasteiger partial charge in [-0.2, -0.15) is 18.3 Å². The maximum atomic E-state index is 12.0. The minimum absolute atomic E-state index is 0.00169. The number of halogens is 3. The summed E-state index contributed by atoms with van der Waals surface area (Å²) in [4.78, 5) is -0.116. The fourth-order valence-electron chi connectivity index (χ4n) is 1.74. The van der Waals surface area contributed by atoms with E-state index in [1.807, 2.05) is 0 Å². The SMILES string of the molecule is Cc1nn(CCCC(F)(F)F)c(C)c1S(N)(=O)=O. The number of hydrogen-bond donors (Lipinski definition) is 1. The molecule has 104 valence electrons. The van der Waals surface area contributed by atoms with Crippen molar-refractivity contribution < 1.29 is 21.6 Å². The second-order valence-electron chi connectivity index (χ2n) is 3.99. The van der Waals surface area contributed by atoms with Crippen LogP contribution in [0.5, 0.6) is 0 Å². The Morgan fingerprint density at radius 2 is 1.89 bits per heavy atom. The number of rotatable bonds is 4. The Morgan fingerprint density at radius 3 is 2.28 bits per heavy atom. The Kier molecular flexibility index (Phi) is 4.06. The van der Waals surface area contributed by atoms with Crippen LogP contribution < -0.4 is 5.14 Å². The average Bonchev–Trinajstić information content (AvgIpc) is 2.38. The van der Waals surface area contributed by atoms with E-state index in [0.717, 1.165) is 0 Å². The molecule has 1 aromatic rings. The summed E-state index contributed by atoms with van der Waals surface area (Å²) in [5, 5.41) is 8.89. The molecule has 0 radical (unpaired) electrons. The second kappa shape index (κ2) is 4.88. The molecule has 0 atom stereocenters. The number of sulfonamides is 1. The van der Waals surface area contributed by atoms with Gasteiger partial charge in [0.2, 0.25) is 10.0 Å². The molecule has 1 aromatic heterocycles. The number of nitrogens with zero attached hydrogens (tertiary/aromatic N) is 2. The molecule has 18 heavy (non-hydrogen) atoms. The Balaban J connectivity index is 2.88. The van der Waals surface area contributed by atoms with Crippen LogP contribution in [0.2, 0.25) is 0 Å². The van der Waals surface area contributed by atoms with Crippen molar-refractivity contribution in [2.75, 3.05) is 0 Å². The van der Waals surface area contributed by atoms with Gasteiger partial charge < -0.3 is 0 Å². The van der Waals surface area contributed by atoms with Crippen molar-refractivity contribution in [3.05, 3.63) is 11.4 Å². The predicted molar refractivity (Wildman–Crippen MR) is 58.4 cm³/mol. The number of alkyl halides is 3. The van der Waals surface area contributed by atoms with Crippen LogP contribution in [0.1, 0.15) is 24.2 Å². The molecule has 0 aromatic carbocycles. The van der Waals surface area contributed by atoms with Gasteiger partial charge in [0.05, 0.1) is 11.4 Å². The molecule has 0 aliphatic heterocycles. The summed E-state index contributed by atoms with van der Waals surface area (Å²) in [6.45, 7) is 2.92. The molecule has 0 unspecified atom stereocenters. The van der Waals surface area contributed by atoms with Crippen LogP contribution >= 0.6 is 0 Å².